The predicted octanol–water partition coefficient (Wildman–Crippen LogP) is 3.74. The second-order valence-corrected chi connectivity index (χ2v) is 7.90. The van der Waals surface area contributed by atoms with Crippen molar-refractivity contribution >= 4 is 35.2 Å². The van der Waals surface area contributed by atoms with E-state index in [9.17, 15) is 18.0 Å². The number of anilines is 1. The summed E-state index contributed by atoms with van der Waals surface area (Å²) in [7, 11) is 0. The molecule has 2 amide bonds. The van der Waals surface area contributed by atoms with Crippen LogP contribution in [0.5, 0.6) is 5.75 Å². The molecule has 5 N–H and O–H groups in total. The smallest absolute Gasteiger partial charge is 0.389 e. The maximum Gasteiger partial charge on any atom is 0.389 e. The number of alkyl halides is 3. The number of fused-ring (bicyclic) bond motifs is 1. The predicted molar refractivity (Wildman–Crippen MR) is 114 cm³/mol. The molecule has 8 nitrogen and oxygen atoms in total. The number of hydrogen-bond acceptors (Lipinski definition) is 6. The van der Waals surface area contributed by atoms with Gasteiger partial charge in [0.2, 0.25) is 5.95 Å². The van der Waals surface area contributed by atoms with Crippen LogP contribution in [-0.2, 0) is 13.1 Å². The molecule has 0 aliphatic carbocycles. The van der Waals surface area contributed by atoms with E-state index in [4.69, 9.17) is 39.4 Å². The van der Waals surface area contributed by atoms with Crippen molar-refractivity contribution in [1.82, 2.24) is 20.2 Å². The Balaban J connectivity index is 1.93. The maximum absolute atomic E-state index is 12.5. The summed E-state index contributed by atoms with van der Waals surface area (Å²) < 4.78 is 43.0. The standard InChI is InChI=1S/C19H21Cl2F3N6O2/c20-10-6-12(21)15(14(7-10)32-5-1-2-19(22,23)24)16-11-8-30(18(31)27-4-3-25)9-13(11)28-17(26)29-16/h6-7H,1-5,8-9,25H2,(H,27,31)(H2,26,28,29). The van der Waals surface area contributed by atoms with Crippen LogP contribution in [0, 0.1) is 0 Å². The SMILES string of the molecule is NCCNC(=O)N1Cc2nc(N)nc(-c3c(Cl)cc(Cl)cc3OCCCC(F)(F)F)c2C1. The number of amides is 2. The van der Waals surface area contributed by atoms with Crippen LogP contribution in [0.25, 0.3) is 11.3 Å². The zero-order chi connectivity index (χ0) is 23.5. The highest BCUT2D eigenvalue weighted by atomic mass is 35.5. The molecule has 3 rings (SSSR count). The number of rotatable bonds is 7. The summed E-state index contributed by atoms with van der Waals surface area (Å²) in [5, 5.41) is 3.10. The molecular formula is C19H21Cl2F3N6O2. The van der Waals surface area contributed by atoms with E-state index in [0.29, 0.717) is 35.6 Å². The molecule has 0 saturated heterocycles. The molecule has 1 aromatic heterocycles. The summed E-state index contributed by atoms with van der Waals surface area (Å²) in [6.07, 6.45) is -5.51. The number of nitrogens with two attached hydrogens (primary N) is 2. The number of nitrogen functional groups attached to an aromatic ring is 1. The van der Waals surface area contributed by atoms with Crippen molar-refractivity contribution in [2.75, 3.05) is 25.4 Å². The molecule has 0 saturated carbocycles. The molecule has 0 spiro atoms. The number of carbonyl (C=O) groups is 1. The summed E-state index contributed by atoms with van der Waals surface area (Å²) >= 11 is 12.5. The minimum atomic E-state index is -4.28. The molecule has 0 atom stereocenters. The number of nitrogens with zero attached hydrogens (tertiary/aromatic N) is 3. The quantitative estimate of drug-likeness (QED) is 0.506. The van der Waals surface area contributed by atoms with Gasteiger partial charge < -0.3 is 26.4 Å². The van der Waals surface area contributed by atoms with Crippen LogP contribution >= 0.6 is 23.2 Å². The first-order valence-corrected chi connectivity index (χ1v) is 10.4. The maximum atomic E-state index is 12.5. The van der Waals surface area contributed by atoms with Crippen LogP contribution in [0.15, 0.2) is 12.1 Å². The lowest BCUT2D eigenvalue weighted by molar-refractivity contribution is -0.136. The molecule has 1 aliphatic heterocycles. The fraction of sp³-hybridized carbons (Fsp3) is 0.421. The highest BCUT2D eigenvalue weighted by Gasteiger charge is 2.31. The number of carbonyl (C=O) groups excluding carboxylic acids is 1. The van der Waals surface area contributed by atoms with Gasteiger partial charge in [0.25, 0.3) is 0 Å². The molecule has 32 heavy (non-hydrogen) atoms. The van der Waals surface area contributed by atoms with E-state index in [0.717, 1.165) is 0 Å². The fourth-order valence-corrected chi connectivity index (χ4v) is 3.83. The largest absolute Gasteiger partial charge is 0.493 e. The topological polar surface area (TPSA) is 119 Å². The highest BCUT2D eigenvalue weighted by molar-refractivity contribution is 6.37. The van der Waals surface area contributed by atoms with Gasteiger partial charge in [0, 0.05) is 30.1 Å². The second kappa shape index (κ2) is 9.97. The van der Waals surface area contributed by atoms with E-state index in [-0.39, 0.29) is 53.9 Å². The van der Waals surface area contributed by atoms with Gasteiger partial charge in [0.1, 0.15) is 5.75 Å². The molecule has 1 aliphatic rings. The third-order valence-corrected chi connectivity index (χ3v) is 5.14. The van der Waals surface area contributed by atoms with Crippen molar-refractivity contribution in [3.05, 3.63) is 33.4 Å². The zero-order valence-corrected chi connectivity index (χ0v) is 18.3. The highest BCUT2D eigenvalue weighted by Crippen LogP contribution is 2.42. The number of aromatic nitrogens is 2. The van der Waals surface area contributed by atoms with Gasteiger partial charge in [-0.3, -0.25) is 0 Å². The molecule has 1 aromatic carbocycles. The molecular weight excluding hydrogens is 472 g/mol. The lowest BCUT2D eigenvalue weighted by atomic mass is 10.0. The number of benzene rings is 1. The van der Waals surface area contributed by atoms with E-state index in [1.54, 1.807) is 0 Å². The van der Waals surface area contributed by atoms with Gasteiger partial charge in [-0.1, -0.05) is 23.2 Å². The number of nitrogens with one attached hydrogen (secondary N) is 1. The lowest BCUT2D eigenvalue weighted by Crippen LogP contribution is -2.38. The average molecular weight is 493 g/mol. The number of halogens is 5. The zero-order valence-electron chi connectivity index (χ0n) is 16.8. The summed E-state index contributed by atoms with van der Waals surface area (Å²) in [6.45, 7) is 0.761. The van der Waals surface area contributed by atoms with Gasteiger partial charge in [-0.25, -0.2) is 14.8 Å². The van der Waals surface area contributed by atoms with Gasteiger partial charge in [0.15, 0.2) is 0 Å². The van der Waals surface area contributed by atoms with E-state index in [1.165, 1.54) is 17.0 Å². The van der Waals surface area contributed by atoms with Crippen LogP contribution in [0.3, 0.4) is 0 Å². The Morgan fingerprint density at radius 2 is 2.00 bits per heavy atom. The Labute approximate surface area is 192 Å². The Kier molecular flexibility index (Phi) is 7.52. The van der Waals surface area contributed by atoms with E-state index in [1.807, 2.05) is 0 Å². The molecule has 0 radical (unpaired) electrons. The minimum Gasteiger partial charge on any atom is -0.493 e. The van der Waals surface area contributed by atoms with E-state index in [2.05, 4.69) is 15.3 Å². The van der Waals surface area contributed by atoms with Crippen LogP contribution in [0.1, 0.15) is 24.1 Å². The van der Waals surface area contributed by atoms with E-state index < -0.39 is 12.6 Å². The fourth-order valence-electron chi connectivity index (χ4n) is 3.26. The van der Waals surface area contributed by atoms with Gasteiger partial charge in [-0.15, -0.1) is 0 Å². The first kappa shape index (κ1) is 24.1. The Bertz CT molecular complexity index is 1010. The van der Waals surface area contributed by atoms with Crippen molar-refractivity contribution < 1.29 is 22.7 Å². The second-order valence-electron chi connectivity index (χ2n) is 7.06. The van der Waals surface area contributed by atoms with Crippen LogP contribution in [0.2, 0.25) is 10.0 Å². The van der Waals surface area contributed by atoms with Crippen molar-refractivity contribution in [3.8, 4) is 17.0 Å². The van der Waals surface area contributed by atoms with Crippen molar-refractivity contribution in [2.24, 2.45) is 5.73 Å². The van der Waals surface area contributed by atoms with Gasteiger partial charge >= 0.3 is 12.2 Å². The van der Waals surface area contributed by atoms with Crippen molar-refractivity contribution in [2.45, 2.75) is 32.1 Å². The Morgan fingerprint density at radius 3 is 2.69 bits per heavy atom. The molecule has 2 heterocycles. The number of ether oxygens (including phenoxy) is 1. The first-order valence-electron chi connectivity index (χ1n) is 9.66. The summed E-state index contributed by atoms with van der Waals surface area (Å²) in [6, 6.07) is 2.58. The summed E-state index contributed by atoms with van der Waals surface area (Å²) in [5.41, 5.74) is 13.1. The van der Waals surface area contributed by atoms with Gasteiger partial charge in [0.05, 0.1) is 41.7 Å². The van der Waals surface area contributed by atoms with E-state index >= 15 is 0 Å². The monoisotopic (exact) mass is 492 g/mol. The average Bonchev–Trinajstić information content (AvgIpc) is 3.12. The third kappa shape index (κ3) is 5.84. The first-order chi connectivity index (χ1) is 15.1. The third-order valence-electron chi connectivity index (χ3n) is 4.63. The molecule has 174 valence electrons. The molecule has 0 fully saturated rings. The summed E-state index contributed by atoms with van der Waals surface area (Å²) in [5.74, 6) is 0.119. The number of hydrogen-bond donors (Lipinski definition) is 3. The minimum absolute atomic E-state index is 0.0444. The molecule has 0 bridgehead atoms. The van der Waals surface area contributed by atoms with Crippen LogP contribution in [0.4, 0.5) is 23.9 Å². The van der Waals surface area contributed by atoms with Crippen molar-refractivity contribution in [3.63, 3.8) is 0 Å². The normalized spacial score (nSPS) is 13.2. The van der Waals surface area contributed by atoms with Gasteiger partial charge in [-0.2, -0.15) is 13.2 Å². The van der Waals surface area contributed by atoms with Crippen molar-refractivity contribution in [1.29, 1.82) is 0 Å². The number of urea groups is 1. The lowest BCUT2D eigenvalue weighted by Gasteiger charge is -2.17. The van der Waals surface area contributed by atoms with Gasteiger partial charge in [-0.05, 0) is 18.6 Å². The van der Waals surface area contributed by atoms with Crippen LogP contribution < -0.4 is 21.5 Å². The Hall–Kier alpha value is -2.50. The Morgan fingerprint density at radius 1 is 1.25 bits per heavy atom. The molecule has 2 aromatic rings. The van der Waals surface area contributed by atoms with Crippen LogP contribution in [-0.4, -0.2) is 46.8 Å². The summed E-state index contributed by atoms with van der Waals surface area (Å²) in [4.78, 5) is 22.4. The molecule has 0 unspecified atom stereocenters. The molecule has 13 heteroatoms.